The van der Waals surface area contributed by atoms with Gasteiger partial charge in [-0.1, -0.05) is 12.5 Å². The fraction of sp³-hybridized carbons (Fsp3) is 0.565. The summed E-state index contributed by atoms with van der Waals surface area (Å²) in [5.74, 6) is -0.0851. The minimum Gasteiger partial charge on any atom is -0.450 e. The van der Waals surface area contributed by atoms with Crippen molar-refractivity contribution >= 4 is 23.6 Å². The van der Waals surface area contributed by atoms with Crippen molar-refractivity contribution in [3.63, 3.8) is 0 Å². The third-order valence-electron chi connectivity index (χ3n) is 5.67. The highest BCUT2D eigenvalue weighted by Crippen LogP contribution is 2.13. The van der Waals surface area contributed by atoms with E-state index in [9.17, 15) is 14.4 Å². The van der Waals surface area contributed by atoms with Crippen LogP contribution in [0.15, 0.2) is 24.4 Å². The van der Waals surface area contributed by atoms with Crippen LogP contribution in [0.25, 0.3) is 5.65 Å². The molecule has 2 aromatic heterocycles. The molecule has 0 unspecified atom stereocenters. The number of piperidine rings is 1. The van der Waals surface area contributed by atoms with Crippen LogP contribution >= 0.6 is 0 Å². The normalized spacial score (nSPS) is 14.4. The minimum atomic E-state index is -0.277. The lowest BCUT2D eigenvalue weighted by Gasteiger charge is -2.31. The number of likely N-dealkylation sites (tertiary alicyclic amines) is 1. The second kappa shape index (κ2) is 11.5. The summed E-state index contributed by atoms with van der Waals surface area (Å²) in [6.07, 6.45) is 5.98. The van der Waals surface area contributed by atoms with Crippen molar-refractivity contribution in [2.75, 3.05) is 26.2 Å². The third kappa shape index (κ3) is 6.21. The molecule has 1 aliphatic heterocycles. The Morgan fingerprint density at radius 3 is 2.69 bits per heavy atom. The first-order valence-corrected chi connectivity index (χ1v) is 11.4. The lowest BCUT2D eigenvalue weighted by Crippen LogP contribution is -2.46. The molecule has 174 valence electrons. The highest BCUT2D eigenvalue weighted by molar-refractivity contribution is 5.94. The molecule has 3 heterocycles. The maximum atomic E-state index is 12.5. The second-order valence-corrected chi connectivity index (χ2v) is 8.07. The molecule has 2 N–H and O–H groups in total. The van der Waals surface area contributed by atoms with Crippen LogP contribution in [0.4, 0.5) is 4.79 Å². The zero-order chi connectivity index (χ0) is 22.9. The Morgan fingerprint density at radius 1 is 1.16 bits per heavy atom. The Hall–Kier alpha value is -3.10. The topological polar surface area (TPSA) is 105 Å². The number of nitrogens with one attached hydrogen (secondary N) is 2. The monoisotopic (exact) mass is 443 g/mol. The average molecular weight is 444 g/mol. The van der Waals surface area contributed by atoms with Gasteiger partial charge in [0.2, 0.25) is 5.91 Å². The Kier molecular flexibility index (Phi) is 8.47. The van der Waals surface area contributed by atoms with E-state index in [0.717, 1.165) is 37.8 Å². The lowest BCUT2D eigenvalue weighted by atomic mass is 10.0. The number of unbranched alkanes of at least 4 members (excludes halogenated alkanes) is 2. The van der Waals surface area contributed by atoms with E-state index in [1.165, 1.54) is 0 Å². The molecule has 0 spiro atoms. The van der Waals surface area contributed by atoms with E-state index in [1.54, 1.807) is 16.2 Å². The molecule has 0 aromatic carbocycles. The summed E-state index contributed by atoms with van der Waals surface area (Å²) in [7, 11) is 0. The lowest BCUT2D eigenvalue weighted by molar-refractivity contribution is -0.122. The first kappa shape index (κ1) is 23.6. The maximum absolute atomic E-state index is 12.5. The summed E-state index contributed by atoms with van der Waals surface area (Å²) < 4.78 is 6.81. The van der Waals surface area contributed by atoms with Gasteiger partial charge < -0.3 is 20.3 Å². The Morgan fingerprint density at radius 2 is 1.94 bits per heavy atom. The van der Waals surface area contributed by atoms with E-state index >= 15 is 0 Å². The van der Waals surface area contributed by atoms with Crippen molar-refractivity contribution in [1.29, 1.82) is 0 Å². The molecule has 9 nitrogen and oxygen atoms in total. The first-order chi connectivity index (χ1) is 15.5. The van der Waals surface area contributed by atoms with Crippen LogP contribution in [0.3, 0.4) is 0 Å². The van der Waals surface area contributed by atoms with Crippen LogP contribution in [0.1, 0.15) is 61.6 Å². The third-order valence-corrected chi connectivity index (χ3v) is 5.67. The van der Waals surface area contributed by atoms with E-state index in [-0.39, 0.29) is 23.9 Å². The number of nitrogens with zero attached hydrogens (tertiary/aromatic N) is 3. The average Bonchev–Trinajstić information content (AvgIpc) is 3.12. The van der Waals surface area contributed by atoms with Crippen molar-refractivity contribution in [3.8, 4) is 0 Å². The second-order valence-electron chi connectivity index (χ2n) is 8.07. The number of aryl methyl sites for hydroxylation is 1. The number of fused-ring (bicyclic) bond motifs is 1. The molecular weight excluding hydrogens is 410 g/mol. The summed E-state index contributed by atoms with van der Waals surface area (Å²) in [6.45, 7) is 5.78. The van der Waals surface area contributed by atoms with Crippen molar-refractivity contribution in [2.24, 2.45) is 0 Å². The predicted octanol–water partition coefficient (Wildman–Crippen LogP) is 2.67. The van der Waals surface area contributed by atoms with Gasteiger partial charge in [-0.3, -0.25) is 14.0 Å². The molecule has 1 fully saturated rings. The summed E-state index contributed by atoms with van der Waals surface area (Å²) >= 11 is 0. The van der Waals surface area contributed by atoms with E-state index < -0.39 is 0 Å². The predicted molar refractivity (Wildman–Crippen MR) is 120 cm³/mol. The van der Waals surface area contributed by atoms with E-state index in [1.807, 2.05) is 31.3 Å². The van der Waals surface area contributed by atoms with Gasteiger partial charge in [0, 0.05) is 38.3 Å². The van der Waals surface area contributed by atoms with Gasteiger partial charge in [-0.2, -0.15) is 0 Å². The van der Waals surface area contributed by atoms with E-state index in [4.69, 9.17) is 4.74 Å². The molecular formula is C23H33N5O4. The number of ether oxygens (including phenoxy) is 1. The fourth-order valence-corrected chi connectivity index (χ4v) is 3.98. The van der Waals surface area contributed by atoms with Gasteiger partial charge in [-0.25, -0.2) is 9.78 Å². The van der Waals surface area contributed by atoms with Crippen LogP contribution in [0, 0.1) is 6.92 Å². The molecule has 9 heteroatoms. The van der Waals surface area contributed by atoms with Crippen LogP contribution in [0.5, 0.6) is 0 Å². The number of rotatable bonds is 9. The number of amides is 3. The van der Waals surface area contributed by atoms with Crippen LogP contribution in [-0.4, -0.2) is 64.5 Å². The summed E-state index contributed by atoms with van der Waals surface area (Å²) in [6, 6.07) is 5.76. The molecule has 0 bridgehead atoms. The Labute approximate surface area is 188 Å². The highest BCUT2D eigenvalue weighted by Gasteiger charge is 2.24. The van der Waals surface area contributed by atoms with E-state index in [2.05, 4.69) is 15.6 Å². The van der Waals surface area contributed by atoms with Crippen molar-refractivity contribution in [1.82, 2.24) is 24.9 Å². The smallest absolute Gasteiger partial charge is 0.409 e. The zero-order valence-corrected chi connectivity index (χ0v) is 18.9. The summed E-state index contributed by atoms with van der Waals surface area (Å²) in [4.78, 5) is 42.6. The van der Waals surface area contributed by atoms with Gasteiger partial charge in [-0.15, -0.1) is 0 Å². The van der Waals surface area contributed by atoms with Gasteiger partial charge in [-0.05, 0) is 51.7 Å². The van der Waals surface area contributed by atoms with Crippen LogP contribution < -0.4 is 10.6 Å². The molecule has 2 aromatic rings. The van der Waals surface area contributed by atoms with Crippen molar-refractivity contribution in [2.45, 2.75) is 58.4 Å². The van der Waals surface area contributed by atoms with Gasteiger partial charge in [0.25, 0.3) is 5.91 Å². The summed E-state index contributed by atoms with van der Waals surface area (Å²) in [5, 5.41) is 6.02. The molecule has 32 heavy (non-hydrogen) atoms. The Bertz CT molecular complexity index is 934. The van der Waals surface area contributed by atoms with Crippen molar-refractivity contribution < 1.29 is 19.1 Å². The molecule has 3 amide bonds. The minimum absolute atomic E-state index is 0.0463. The number of imidazole rings is 1. The number of hydrogen-bond donors (Lipinski definition) is 2. The molecule has 3 rings (SSSR count). The summed E-state index contributed by atoms with van der Waals surface area (Å²) in [5.41, 5.74) is 2.03. The molecule has 0 saturated carbocycles. The Balaban J connectivity index is 1.28. The van der Waals surface area contributed by atoms with Gasteiger partial charge in [0.05, 0.1) is 12.3 Å². The maximum Gasteiger partial charge on any atom is 0.409 e. The van der Waals surface area contributed by atoms with E-state index in [0.29, 0.717) is 44.0 Å². The molecule has 0 atom stereocenters. The first-order valence-electron chi connectivity index (χ1n) is 11.4. The largest absolute Gasteiger partial charge is 0.450 e. The number of carbonyl (C=O) groups excluding carboxylic acids is 3. The van der Waals surface area contributed by atoms with Crippen LogP contribution in [-0.2, 0) is 9.53 Å². The number of pyridine rings is 1. The molecule has 1 aliphatic rings. The number of carbonyl (C=O) groups is 3. The molecule has 0 radical (unpaired) electrons. The standard InChI is InChI=1S/C23H33N5O4/c1-3-32-23(31)27-15-11-18(12-16-27)26-20(29)10-5-4-7-13-24-22(30)21-17(2)25-19-9-6-8-14-28(19)21/h6,8-9,14,18H,3-5,7,10-13,15-16H2,1-2H3,(H,24,30)(H,26,29). The number of hydrogen-bond acceptors (Lipinski definition) is 5. The number of aromatic nitrogens is 2. The van der Waals surface area contributed by atoms with Gasteiger partial charge in [0.1, 0.15) is 11.3 Å². The molecule has 1 saturated heterocycles. The van der Waals surface area contributed by atoms with Crippen LogP contribution in [0.2, 0.25) is 0 Å². The quantitative estimate of drug-likeness (QED) is 0.580. The highest BCUT2D eigenvalue weighted by atomic mass is 16.6. The zero-order valence-electron chi connectivity index (χ0n) is 18.9. The van der Waals surface area contributed by atoms with Gasteiger partial charge >= 0.3 is 6.09 Å². The fourth-order valence-electron chi connectivity index (χ4n) is 3.98. The van der Waals surface area contributed by atoms with Gasteiger partial charge in [0.15, 0.2) is 0 Å². The molecule has 0 aliphatic carbocycles. The van der Waals surface area contributed by atoms with Crippen molar-refractivity contribution in [3.05, 3.63) is 35.8 Å². The SMILES string of the molecule is CCOC(=O)N1CCC(NC(=O)CCCCCNC(=O)c2c(C)nc3ccccn23)CC1.